The van der Waals surface area contributed by atoms with E-state index in [2.05, 4.69) is 5.32 Å². The van der Waals surface area contributed by atoms with Gasteiger partial charge in [-0.3, -0.25) is 9.59 Å². The van der Waals surface area contributed by atoms with Crippen molar-refractivity contribution in [1.29, 1.82) is 0 Å². The first-order valence-electron chi connectivity index (χ1n) is 10.8. The molecule has 0 spiro atoms. The Balaban J connectivity index is 1.39. The highest BCUT2D eigenvalue weighted by atomic mass is 19.2. The van der Waals surface area contributed by atoms with Crippen LogP contribution in [-0.2, 0) is 4.79 Å². The van der Waals surface area contributed by atoms with Crippen molar-refractivity contribution in [1.82, 2.24) is 10.2 Å². The van der Waals surface area contributed by atoms with Crippen molar-refractivity contribution < 1.29 is 23.1 Å². The minimum Gasteiger partial charge on any atom is -0.492 e. The summed E-state index contributed by atoms with van der Waals surface area (Å²) < 4.78 is 31.7. The van der Waals surface area contributed by atoms with Gasteiger partial charge in [-0.25, -0.2) is 8.78 Å². The third-order valence-electron chi connectivity index (χ3n) is 6.21. The normalized spacial score (nSPS) is 22.6. The lowest BCUT2D eigenvalue weighted by Gasteiger charge is -2.33. The molecule has 1 saturated heterocycles. The van der Waals surface area contributed by atoms with E-state index in [1.54, 1.807) is 17.0 Å². The van der Waals surface area contributed by atoms with Gasteiger partial charge in [0.1, 0.15) is 18.4 Å². The van der Waals surface area contributed by atoms with Crippen molar-refractivity contribution in [2.45, 2.75) is 44.2 Å². The zero-order valence-electron chi connectivity index (χ0n) is 17.2. The first kappa shape index (κ1) is 21.3. The first-order chi connectivity index (χ1) is 15.0. The number of nitrogens with zero attached hydrogens (tertiary/aromatic N) is 1. The van der Waals surface area contributed by atoms with Crippen molar-refractivity contribution >= 4 is 11.8 Å². The van der Waals surface area contributed by atoms with Crippen LogP contribution in [-0.4, -0.2) is 41.9 Å². The van der Waals surface area contributed by atoms with E-state index >= 15 is 0 Å². The van der Waals surface area contributed by atoms with Crippen molar-refractivity contribution in [2.24, 2.45) is 5.92 Å². The average Bonchev–Trinajstić information content (AvgIpc) is 3.18. The monoisotopic (exact) mass is 428 g/mol. The molecule has 3 atom stereocenters. The number of hydrogen-bond acceptors (Lipinski definition) is 3. The third-order valence-corrected chi connectivity index (χ3v) is 6.21. The fourth-order valence-electron chi connectivity index (χ4n) is 4.74. The zero-order chi connectivity index (χ0) is 21.8. The lowest BCUT2D eigenvalue weighted by molar-refractivity contribution is -0.125. The highest BCUT2D eigenvalue weighted by molar-refractivity contribution is 5.98. The van der Waals surface area contributed by atoms with E-state index in [-0.39, 0.29) is 36.8 Å². The van der Waals surface area contributed by atoms with Crippen molar-refractivity contribution in [3.05, 3.63) is 65.7 Å². The summed E-state index contributed by atoms with van der Waals surface area (Å²) in [5, 5.41) is 2.84. The molecule has 0 aromatic heterocycles. The predicted octanol–water partition coefficient (Wildman–Crippen LogP) is 3.93. The maximum atomic E-state index is 13.3. The summed E-state index contributed by atoms with van der Waals surface area (Å²) in [7, 11) is 0. The number of nitrogens with one attached hydrogen (secondary N) is 1. The number of hydrogen-bond donors (Lipinski definition) is 1. The summed E-state index contributed by atoms with van der Waals surface area (Å²) in [6, 6.07) is 12.0. The largest absolute Gasteiger partial charge is 0.492 e. The molecule has 4 rings (SSSR count). The zero-order valence-corrected chi connectivity index (χ0v) is 17.2. The second-order valence-corrected chi connectivity index (χ2v) is 8.16. The van der Waals surface area contributed by atoms with Crippen molar-refractivity contribution in [2.75, 3.05) is 13.2 Å². The average molecular weight is 428 g/mol. The van der Waals surface area contributed by atoms with Gasteiger partial charge in [-0.05, 0) is 49.4 Å². The molecule has 2 aliphatic rings. The molecule has 1 aliphatic heterocycles. The highest BCUT2D eigenvalue weighted by Crippen LogP contribution is 2.40. The van der Waals surface area contributed by atoms with Crippen LogP contribution in [0.2, 0.25) is 0 Å². The van der Waals surface area contributed by atoms with Crippen LogP contribution in [0.5, 0.6) is 5.75 Å². The van der Waals surface area contributed by atoms with Gasteiger partial charge in [0.2, 0.25) is 5.91 Å². The fraction of sp³-hybridized carbons (Fsp3) is 0.417. The summed E-state index contributed by atoms with van der Waals surface area (Å²) >= 11 is 0. The standard InChI is InChI=1S/C24H26F2N2O3/c25-19-11-10-18(15-20(19)26)31-13-12-27-23(29)22-14-17-8-4-5-9-21(17)28(22)24(30)16-6-2-1-3-7-16/h1-3,6-7,10-11,15,17,21-22H,4-5,8-9,12-14H2,(H,27,29). The number of likely N-dealkylation sites (tertiary alicyclic amines) is 1. The molecular formula is C24H26F2N2O3. The number of benzene rings is 2. The van der Waals surface area contributed by atoms with E-state index in [0.29, 0.717) is 17.9 Å². The van der Waals surface area contributed by atoms with Crippen LogP contribution in [0.15, 0.2) is 48.5 Å². The molecule has 2 fully saturated rings. The minimum atomic E-state index is -0.981. The first-order valence-corrected chi connectivity index (χ1v) is 10.8. The topological polar surface area (TPSA) is 58.6 Å². The van der Waals surface area contributed by atoms with E-state index in [1.807, 2.05) is 18.2 Å². The third kappa shape index (κ3) is 4.70. The molecular weight excluding hydrogens is 402 g/mol. The molecule has 1 heterocycles. The Labute approximate surface area is 180 Å². The summed E-state index contributed by atoms with van der Waals surface area (Å²) in [6.07, 6.45) is 4.82. The number of fused-ring (bicyclic) bond motifs is 1. The summed E-state index contributed by atoms with van der Waals surface area (Å²) in [4.78, 5) is 28.0. The smallest absolute Gasteiger partial charge is 0.254 e. The molecule has 31 heavy (non-hydrogen) atoms. The summed E-state index contributed by atoms with van der Waals surface area (Å²) in [6.45, 7) is 0.319. The summed E-state index contributed by atoms with van der Waals surface area (Å²) in [5.74, 6) is -1.69. The SMILES string of the molecule is O=C(NCCOc1ccc(F)c(F)c1)C1CC2CCCCC2N1C(=O)c1ccccc1. The number of ether oxygens (including phenoxy) is 1. The number of carbonyl (C=O) groups is 2. The van der Waals surface area contributed by atoms with Gasteiger partial charge in [0.15, 0.2) is 11.6 Å². The van der Waals surface area contributed by atoms with Gasteiger partial charge >= 0.3 is 0 Å². The summed E-state index contributed by atoms with van der Waals surface area (Å²) in [5.41, 5.74) is 0.591. The lowest BCUT2D eigenvalue weighted by atomic mass is 9.84. The van der Waals surface area contributed by atoms with Crippen LogP contribution < -0.4 is 10.1 Å². The second-order valence-electron chi connectivity index (χ2n) is 8.16. The van der Waals surface area contributed by atoms with E-state index < -0.39 is 17.7 Å². The Morgan fingerprint density at radius 2 is 1.81 bits per heavy atom. The highest BCUT2D eigenvalue weighted by Gasteiger charge is 2.47. The Morgan fingerprint density at radius 3 is 2.58 bits per heavy atom. The van der Waals surface area contributed by atoms with Gasteiger partial charge in [0, 0.05) is 17.7 Å². The van der Waals surface area contributed by atoms with Crippen LogP contribution in [0.3, 0.4) is 0 Å². The molecule has 5 nitrogen and oxygen atoms in total. The molecule has 0 radical (unpaired) electrons. The second kappa shape index (κ2) is 9.45. The van der Waals surface area contributed by atoms with Gasteiger partial charge in [-0.2, -0.15) is 0 Å². The molecule has 1 N–H and O–H groups in total. The molecule has 2 aromatic rings. The van der Waals surface area contributed by atoms with Gasteiger partial charge < -0.3 is 15.0 Å². The van der Waals surface area contributed by atoms with Crippen LogP contribution in [0.25, 0.3) is 0 Å². The van der Waals surface area contributed by atoms with Crippen molar-refractivity contribution in [3.8, 4) is 5.75 Å². The molecule has 2 aromatic carbocycles. The Morgan fingerprint density at radius 1 is 1.03 bits per heavy atom. The molecule has 7 heteroatoms. The molecule has 1 saturated carbocycles. The van der Waals surface area contributed by atoms with Gasteiger partial charge in [0.25, 0.3) is 5.91 Å². The van der Waals surface area contributed by atoms with E-state index in [9.17, 15) is 18.4 Å². The molecule has 2 amide bonds. The maximum Gasteiger partial charge on any atom is 0.254 e. The van der Waals surface area contributed by atoms with Crippen molar-refractivity contribution in [3.63, 3.8) is 0 Å². The van der Waals surface area contributed by atoms with E-state index in [0.717, 1.165) is 37.8 Å². The van der Waals surface area contributed by atoms with Gasteiger partial charge in [0.05, 0.1) is 6.54 Å². The van der Waals surface area contributed by atoms with Crippen LogP contribution in [0, 0.1) is 17.6 Å². The molecule has 3 unspecified atom stereocenters. The predicted molar refractivity (Wildman–Crippen MR) is 112 cm³/mol. The number of rotatable bonds is 6. The maximum absolute atomic E-state index is 13.3. The van der Waals surface area contributed by atoms with E-state index in [4.69, 9.17) is 4.74 Å². The molecule has 164 valence electrons. The van der Waals surface area contributed by atoms with Crippen LogP contribution in [0.1, 0.15) is 42.5 Å². The Bertz CT molecular complexity index is 938. The van der Waals surface area contributed by atoms with Gasteiger partial charge in [-0.15, -0.1) is 0 Å². The fourth-order valence-corrected chi connectivity index (χ4v) is 4.74. The quantitative estimate of drug-likeness (QED) is 0.710. The lowest BCUT2D eigenvalue weighted by Crippen LogP contribution is -2.50. The Kier molecular flexibility index (Phi) is 6.49. The Hall–Kier alpha value is -2.96. The van der Waals surface area contributed by atoms with Crippen LogP contribution >= 0.6 is 0 Å². The number of carbonyl (C=O) groups excluding carboxylic acids is 2. The number of halogens is 2. The van der Waals surface area contributed by atoms with Gasteiger partial charge in [-0.1, -0.05) is 31.0 Å². The molecule has 1 aliphatic carbocycles. The number of amides is 2. The van der Waals surface area contributed by atoms with E-state index in [1.165, 1.54) is 6.07 Å². The van der Waals surface area contributed by atoms with Crippen LogP contribution in [0.4, 0.5) is 8.78 Å². The minimum absolute atomic E-state index is 0.0932. The molecule has 0 bridgehead atoms.